The lowest BCUT2D eigenvalue weighted by Gasteiger charge is -2.15. The fraction of sp³-hybridized carbons (Fsp3) is 0.333. The van der Waals surface area contributed by atoms with E-state index in [1.807, 2.05) is 11.3 Å². The van der Waals surface area contributed by atoms with Crippen LogP contribution in [0, 0.1) is 6.92 Å². The van der Waals surface area contributed by atoms with Gasteiger partial charge >= 0.3 is 0 Å². The van der Waals surface area contributed by atoms with E-state index in [0.29, 0.717) is 6.04 Å². The summed E-state index contributed by atoms with van der Waals surface area (Å²) >= 11 is 7.25. The van der Waals surface area contributed by atoms with Crippen LogP contribution in [0.25, 0.3) is 0 Å². The molecule has 0 saturated heterocycles. The lowest BCUT2D eigenvalue weighted by Crippen LogP contribution is -2.20. The Bertz CT molecular complexity index is 448. The van der Waals surface area contributed by atoms with Gasteiger partial charge in [0, 0.05) is 14.2 Å². The Morgan fingerprint density at radius 1 is 1.50 bits per heavy atom. The van der Waals surface area contributed by atoms with E-state index in [2.05, 4.69) is 58.0 Å². The molecule has 0 aliphatic carbocycles. The minimum absolute atomic E-state index is 0.323. The van der Waals surface area contributed by atoms with E-state index < -0.39 is 0 Å². The molecule has 2 heterocycles. The van der Waals surface area contributed by atoms with E-state index in [1.165, 1.54) is 19.8 Å². The summed E-state index contributed by atoms with van der Waals surface area (Å²) in [6.07, 6.45) is 0. The molecule has 86 valence electrons. The quantitative estimate of drug-likeness (QED) is 0.870. The molecule has 0 radical (unpaired) electrons. The molecule has 4 heteroatoms. The second kappa shape index (κ2) is 5.45. The van der Waals surface area contributed by atoms with E-state index in [1.54, 1.807) is 11.3 Å². The van der Waals surface area contributed by atoms with Gasteiger partial charge in [-0.05, 0) is 57.9 Å². The van der Waals surface area contributed by atoms with Crippen molar-refractivity contribution in [2.75, 3.05) is 6.54 Å². The van der Waals surface area contributed by atoms with Gasteiger partial charge in [0.15, 0.2) is 0 Å². The molecule has 2 aromatic rings. The lowest BCUT2D eigenvalue weighted by molar-refractivity contribution is 0.640. The van der Waals surface area contributed by atoms with Crippen molar-refractivity contribution in [1.82, 2.24) is 5.32 Å². The van der Waals surface area contributed by atoms with Crippen LogP contribution in [0.2, 0.25) is 0 Å². The molecule has 0 aliphatic rings. The third kappa shape index (κ3) is 2.56. The normalized spacial score (nSPS) is 12.9. The maximum Gasteiger partial charge on any atom is 0.0690 e. The van der Waals surface area contributed by atoms with Gasteiger partial charge in [-0.1, -0.05) is 6.92 Å². The van der Waals surface area contributed by atoms with Crippen LogP contribution in [-0.2, 0) is 0 Å². The zero-order chi connectivity index (χ0) is 11.5. The Morgan fingerprint density at radius 2 is 2.31 bits per heavy atom. The van der Waals surface area contributed by atoms with Gasteiger partial charge in [0.1, 0.15) is 0 Å². The molecule has 1 atom stereocenters. The highest BCUT2D eigenvalue weighted by molar-refractivity contribution is 9.10. The van der Waals surface area contributed by atoms with Crippen LogP contribution < -0.4 is 5.32 Å². The topological polar surface area (TPSA) is 12.0 Å². The number of hydrogen-bond acceptors (Lipinski definition) is 3. The van der Waals surface area contributed by atoms with Gasteiger partial charge in [0.25, 0.3) is 0 Å². The van der Waals surface area contributed by atoms with Crippen LogP contribution >= 0.6 is 38.6 Å². The third-order valence-electron chi connectivity index (χ3n) is 2.38. The lowest BCUT2D eigenvalue weighted by atomic mass is 10.1. The van der Waals surface area contributed by atoms with Crippen molar-refractivity contribution in [2.45, 2.75) is 19.9 Å². The van der Waals surface area contributed by atoms with Crippen molar-refractivity contribution >= 4 is 38.6 Å². The van der Waals surface area contributed by atoms with Gasteiger partial charge in [-0.25, -0.2) is 0 Å². The Morgan fingerprint density at radius 3 is 2.81 bits per heavy atom. The highest BCUT2D eigenvalue weighted by Gasteiger charge is 2.18. The number of aryl methyl sites for hydroxylation is 1. The second-order valence-corrected chi connectivity index (χ2v) is 6.54. The first-order chi connectivity index (χ1) is 7.72. The Hall–Kier alpha value is -0.160. The zero-order valence-electron chi connectivity index (χ0n) is 9.29. The summed E-state index contributed by atoms with van der Waals surface area (Å²) in [5, 5.41) is 7.89. The molecule has 0 amide bonds. The molecule has 0 aromatic carbocycles. The Kier molecular flexibility index (Phi) is 4.19. The molecule has 0 saturated carbocycles. The average Bonchev–Trinajstić information content (AvgIpc) is 2.85. The van der Waals surface area contributed by atoms with Crippen molar-refractivity contribution in [3.8, 4) is 0 Å². The second-order valence-electron chi connectivity index (χ2n) is 3.62. The molecule has 1 nitrogen and oxygen atoms in total. The Labute approximate surface area is 113 Å². The zero-order valence-corrected chi connectivity index (χ0v) is 12.5. The molecule has 0 spiro atoms. The van der Waals surface area contributed by atoms with Crippen molar-refractivity contribution in [2.24, 2.45) is 0 Å². The number of halogens is 1. The van der Waals surface area contributed by atoms with Crippen LogP contribution in [0.4, 0.5) is 0 Å². The summed E-state index contributed by atoms with van der Waals surface area (Å²) in [4.78, 5) is 2.72. The highest BCUT2D eigenvalue weighted by Crippen LogP contribution is 2.36. The standard InChI is InChI=1S/C12H14BrNS2/c1-3-14-11(9-4-5-15-7-9)12-10(13)6-8(2)16-12/h4-7,11,14H,3H2,1-2H3. The number of thiophene rings is 2. The van der Waals surface area contributed by atoms with Crippen LogP contribution in [0.1, 0.15) is 28.3 Å². The van der Waals surface area contributed by atoms with Gasteiger partial charge in [-0.15, -0.1) is 11.3 Å². The number of hydrogen-bond donors (Lipinski definition) is 1. The Balaban J connectivity index is 2.36. The summed E-state index contributed by atoms with van der Waals surface area (Å²) in [6, 6.07) is 4.71. The molecular formula is C12H14BrNS2. The number of rotatable bonds is 4. The van der Waals surface area contributed by atoms with Crippen molar-refractivity contribution in [3.63, 3.8) is 0 Å². The van der Waals surface area contributed by atoms with Crippen LogP contribution in [-0.4, -0.2) is 6.54 Å². The predicted octanol–water partition coefficient (Wildman–Crippen LogP) is 4.58. The molecule has 0 bridgehead atoms. The predicted molar refractivity (Wildman–Crippen MR) is 76.6 cm³/mol. The summed E-state index contributed by atoms with van der Waals surface area (Å²) in [5.41, 5.74) is 1.36. The first-order valence-electron chi connectivity index (χ1n) is 5.23. The fourth-order valence-electron chi connectivity index (χ4n) is 1.70. The van der Waals surface area contributed by atoms with Crippen molar-refractivity contribution in [1.29, 1.82) is 0 Å². The van der Waals surface area contributed by atoms with Gasteiger partial charge in [-0.2, -0.15) is 11.3 Å². The van der Waals surface area contributed by atoms with E-state index in [0.717, 1.165) is 6.54 Å². The molecule has 1 N–H and O–H groups in total. The molecule has 2 rings (SSSR count). The molecule has 0 aliphatic heterocycles. The highest BCUT2D eigenvalue weighted by atomic mass is 79.9. The van der Waals surface area contributed by atoms with Crippen LogP contribution in [0.15, 0.2) is 27.4 Å². The first kappa shape index (κ1) is 12.3. The molecular weight excluding hydrogens is 302 g/mol. The number of nitrogens with one attached hydrogen (secondary N) is 1. The van der Waals surface area contributed by atoms with E-state index in [-0.39, 0.29) is 0 Å². The maximum atomic E-state index is 3.65. The molecule has 1 unspecified atom stereocenters. The largest absolute Gasteiger partial charge is 0.306 e. The van der Waals surface area contributed by atoms with Gasteiger partial charge in [0.2, 0.25) is 0 Å². The van der Waals surface area contributed by atoms with Crippen LogP contribution in [0.5, 0.6) is 0 Å². The minimum Gasteiger partial charge on any atom is -0.306 e. The summed E-state index contributed by atoms with van der Waals surface area (Å²) in [6.45, 7) is 5.27. The van der Waals surface area contributed by atoms with Crippen molar-refractivity contribution < 1.29 is 0 Å². The SMILES string of the molecule is CCNC(c1ccsc1)c1sc(C)cc1Br. The van der Waals surface area contributed by atoms with E-state index in [4.69, 9.17) is 0 Å². The van der Waals surface area contributed by atoms with E-state index in [9.17, 15) is 0 Å². The summed E-state index contributed by atoms with van der Waals surface area (Å²) in [5.74, 6) is 0. The molecule has 2 aromatic heterocycles. The maximum absolute atomic E-state index is 3.65. The molecule has 0 fully saturated rings. The molecule has 16 heavy (non-hydrogen) atoms. The van der Waals surface area contributed by atoms with E-state index >= 15 is 0 Å². The van der Waals surface area contributed by atoms with Crippen LogP contribution in [0.3, 0.4) is 0 Å². The summed E-state index contributed by atoms with van der Waals surface area (Å²) < 4.78 is 1.21. The van der Waals surface area contributed by atoms with Crippen molar-refractivity contribution in [3.05, 3.63) is 42.7 Å². The van der Waals surface area contributed by atoms with Gasteiger partial charge in [-0.3, -0.25) is 0 Å². The monoisotopic (exact) mass is 315 g/mol. The minimum atomic E-state index is 0.323. The van der Waals surface area contributed by atoms with Gasteiger partial charge < -0.3 is 5.32 Å². The average molecular weight is 316 g/mol. The third-order valence-corrected chi connectivity index (χ3v) is 5.12. The first-order valence-corrected chi connectivity index (χ1v) is 7.79. The summed E-state index contributed by atoms with van der Waals surface area (Å²) in [7, 11) is 0. The van der Waals surface area contributed by atoms with Gasteiger partial charge in [0.05, 0.1) is 6.04 Å². The smallest absolute Gasteiger partial charge is 0.0690 e. The fourth-order valence-corrected chi connectivity index (χ4v) is 4.37.